The zero-order chi connectivity index (χ0) is 14.5. The minimum Gasteiger partial charge on any atom is -0.386 e. The molecule has 3 nitrogen and oxygen atoms in total. The molecule has 2 rings (SSSR count). The molecule has 1 aromatic rings. The van der Waals surface area contributed by atoms with E-state index in [0.717, 1.165) is 36.1 Å². The second-order valence-corrected chi connectivity index (χ2v) is 5.85. The minimum atomic E-state index is -0.556. The predicted octanol–water partition coefficient (Wildman–Crippen LogP) is 3.23. The van der Waals surface area contributed by atoms with Crippen LogP contribution in [0, 0.1) is 20.8 Å². The van der Waals surface area contributed by atoms with Crippen molar-refractivity contribution in [1.82, 2.24) is 0 Å². The van der Waals surface area contributed by atoms with E-state index in [0.29, 0.717) is 13.2 Å². The number of aliphatic hydroxyl groups excluding tert-OH is 1. The second kappa shape index (κ2) is 7.21. The van der Waals surface area contributed by atoms with Crippen LogP contribution in [0.5, 0.6) is 0 Å². The molecule has 2 unspecified atom stereocenters. The zero-order valence-electron chi connectivity index (χ0n) is 12.8. The predicted molar refractivity (Wildman–Crippen MR) is 80.0 cm³/mol. The van der Waals surface area contributed by atoms with E-state index >= 15 is 0 Å². The number of benzene rings is 1. The molecular formula is C17H26O3. The van der Waals surface area contributed by atoms with Gasteiger partial charge in [0.15, 0.2) is 0 Å². The highest BCUT2D eigenvalue weighted by Crippen LogP contribution is 2.24. The third-order valence-electron chi connectivity index (χ3n) is 3.92. The molecule has 0 aromatic heterocycles. The minimum absolute atomic E-state index is 0.205. The van der Waals surface area contributed by atoms with Crippen molar-refractivity contribution < 1.29 is 14.6 Å². The topological polar surface area (TPSA) is 38.7 Å². The molecule has 1 N–H and O–H groups in total. The lowest BCUT2D eigenvalue weighted by molar-refractivity contribution is -0.0575. The van der Waals surface area contributed by atoms with Crippen LogP contribution in [-0.4, -0.2) is 31.0 Å². The monoisotopic (exact) mass is 278 g/mol. The van der Waals surface area contributed by atoms with E-state index in [1.54, 1.807) is 0 Å². The molecule has 0 bridgehead atoms. The van der Waals surface area contributed by atoms with Crippen LogP contribution < -0.4 is 0 Å². The molecule has 0 saturated carbocycles. The van der Waals surface area contributed by atoms with Crippen molar-refractivity contribution in [2.24, 2.45) is 0 Å². The van der Waals surface area contributed by atoms with Crippen LogP contribution in [0.3, 0.4) is 0 Å². The number of aryl methyl sites for hydroxylation is 3. The maximum absolute atomic E-state index is 10.3. The molecule has 1 aliphatic rings. The first kappa shape index (κ1) is 15.5. The van der Waals surface area contributed by atoms with Crippen LogP contribution in [0.15, 0.2) is 12.1 Å². The fraction of sp³-hybridized carbons (Fsp3) is 0.647. The normalized spacial score (nSPS) is 20.9. The average Bonchev–Trinajstić information content (AvgIpc) is 2.38. The van der Waals surface area contributed by atoms with Crippen LogP contribution in [0.2, 0.25) is 0 Å². The van der Waals surface area contributed by atoms with Crippen molar-refractivity contribution in [3.05, 3.63) is 34.4 Å². The van der Waals surface area contributed by atoms with Gasteiger partial charge in [-0.25, -0.2) is 0 Å². The van der Waals surface area contributed by atoms with Crippen molar-refractivity contribution in [1.29, 1.82) is 0 Å². The Morgan fingerprint density at radius 2 is 1.95 bits per heavy atom. The van der Waals surface area contributed by atoms with Gasteiger partial charge < -0.3 is 14.6 Å². The van der Waals surface area contributed by atoms with Gasteiger partial charge in [0.05, 0.1) is 19.3 Å². The summed E-state index contributed by atoms with van der Waals surface area (Å²) in [6.45, 7) is 7.93. The Hall–Kier alpha value is -0.900. The summed E-state index contributed by atoms with van der Waals surface area (Å²) in [4.78, 5) is 0. The zero-order valence-corrected chi connectivity index (χ0v) is 12.8. The SMILES string of the molecule is Cc1cc(C)c(C(O)COCC2CCCCO2)c(C)c1. The van der Waals surface area contributed by atoms with Gasteiger partial charge in [-0.05, 0) is 56.7 Å². The fourth-order valence-electron chi connectivity index (χ4n) is 3.05. The van der Waals surface area contributed by atoms with E-state index in [4.69, 9.17) is 9.47 Å². The highest BCUT2D eigenvalue weighted by Gasteiger charge is 2.17. The van der Waals surface area contributed by atoms with Gasteiger partial charge in [-0.15, -0.1) is 0 Å². The Morgan fingerprint density at radius 1 is 1.25 bits per heavy atom. The van der Waals surface area contributed by atoms with Crippen LogP contribution >= 0.6 is 0 Å². The van der Waals surface area contributed by atoms with Gasteiger partial charge in [-0.3, -0.25) is 0 Å². The number of hydrogen-bond acceptors (Lipinski definition) is 3. The highest BCUT2D eigenvalue weighted by molar-refractivity contribution is 5.38. The summed E-state index contributed by atoms with van der Waals surface area (Å²) in [6, 6.07) is 4.21. The van der Waals surface area contributed by atoms with E-state index in [1.165, 1.54) is 12.0 Å². The van der Waals surface area contributed by atoms with Crippen molar-refractivity contribution in [3.63, 3.8) is 0 Å². The summed E-state index contributed by atoms with van der Waals surface area (Å²) in [5, 5.41) is 10.3. The van der Waals surface area contributed by atoms with Crippen LogP contribution in [0.4, 0.5) is 0 Å². The number of rotatable bonds is 5. The summed E-state index contributed by atoms with van der Waals surface area (Å²) in [6.07, 6.45) is 3.09. The molecular weight excluding hydrogens is 252 g/mol. The van der Waals surface area contributed by atoms with Crippen LogP contribution in [-0.2, 0) is 9.47 Å². The summed E-state index contributed by atoms with van der Waals surface area (Å²) >= 11 is 0. The summed E-state index contributed by atoms with van der Waals surface area (Å²) < 4.78 is 11.3. The summed E-state index contributed by atoms with van der Waals surface area (Å²) in [5.74, 6) is 0. The maximum Gasteiger partial charge on any atom is 0.103 e. The average molecular weight is 278 g/mol. The Labute approximate surface area is 121 Å². The van der Waals surface area contributed by atoms with E-state index in [9.17, 15) is 5.11 Å². The molecule has 0 amide bonds. The Kier molecular flexibility index (Phi) is 5.58. The molecule has 20 heavy (non-hydrogen) atoms. The van der Waals surface area contributed by atoms with Gasteiger partial charge in [-0.1, -0.05) is 17.7 Å². The van der Waals surface area contributed by atoms with Gasteiger partial charge in [0.25, 0.3) is 0 Å². The highest BCUT2D eigenvalue weighted by atomic mass is 16.5. The molecule has 1 aromatic carbocycles. The third-order valence-corrected chi connectivity index (χ3v) is 3.92. The fourth-order valence-corrected chi connectivity index (χ4v) is 3.05. The standard InChI is InChI=1S/C17H26O3/c1-12-8-13(2)17(14(3)9-12)16(18)11-19-10-15-6-4-5-7-20-15/h8-9,15-16,18H,4-7,10-11H2,1-3H3. The molecule has 3 heteroatoms. The van der Waals surface area contributed by atoms with E-state index in [-0.39, 0.29) is 6.10 Å². The quantitative estimate of drug-likeness (QED) is 0.898. The lowest BCUT2D eigenvalue weighted by Crippen LogP contribution is -2.25. The number of aliphatic hydroxyl groups is 1. The molecule has 1 heterocycles. The first-order chi connectivity index (χ1) is 9.58. The van der Waals surface area contributed by atoms with E-state index in [1.807, 2.05) is 13.8 Å². The molecule has 0 radical (unpaired) electrons. The van der Waals surface area contributed by atoms with Crippen molar-refractivity contribution in [3.8, 4) is 0 Å². The maximum atomic E-state index is 10.3. The largest absolute Gasteiger partial charge is 0.386 e. The molecule has 1 saturated heterocycles. The van der Waals surface area contributed by atoms with Crippen LogP contribution in [0.1, 0.15) is 47.6 Å². The second-order valence-electron chi connectivity index (χ2n) is 5.85. The number of ether oxygens (including phenoxy) is 2. The smallest absolute Gasteiger partial charge is 0.103 e. The molecule has 112 valence electrons. The van der Waals surface area contributed by atoms with Crippen molar-refractivity contribution in [2.45, 2.75) is 52.2 Å². The lowest BCUT2D eigenvalue weighted by atomic mass is 9.96. The summed E-state index contributed by atoms with van der Waals surface area (Å²) in [7, 11) is 0. The van der Waals surface area contributed by atoms with Gasteiger partial charge >= 0.3 is 0 Å². The van der Waals surface area contributed by atoms with Gasteiger partial charge in [0.1, 0.15) is 6.10 Å². The van der Waals surface area contributed by atoms with Gasteiger partial charge in [-0.2, -0.15) is 0 Å². The molecule has 0 spiro atoms. The Morgan fingerprint density at radius 3 is 2.55 bits per heavy atom. The van der Waals surface area contributed by atoms with Crippen molar-refractivity contribution in [2.75, 3.05) is 19.8 Å². The molecule has 2 atom stereocenters. The first-order valence-corrected chi connectivity index (χ1v) is 7.53. The van der Waals surface area contributed by atoms with Gasteiger partial charge in [0.2, 0.25) is 0 Å². The Balaban J connectivity index is 1.86. The van der Waals surface area contributed by atoms with Gasteiger partial charge in [0, 0.05) is 6.61 Å². The van der Waals surface area contributed by atoms with E-state index < -0.39 is 6.10 Å². The first-order valence-electron chi connectivity index (χ1n) is 7.53. The number of hydrogen-bond donors (Lipinski definition) is 1. The van der Waals surface area contributed by atoms with Crippen molar-refractivity contribution >= 4 is 0 Å². The molecule has 0 aliphatic carbocycles. The Bertz CT molecular complexity index is 413. The van der Waals surface area contributed by atoms with Crippen LogP contribution in [0.25, 0.3) is 0 Å². The summed E-state index contributed by atoms with van der Waals surface area (Å²) in [5.41, 5.74) is 4.49. The molecule has 1 aliphatic heterocycles. The van der Waals surface area contributed by atoms with E-state index in [2.05, 4.69) is 19.1 Å². The third kappa shape index (κ3) is 4.05. The molecule has 1 fully saturated rings. The lowest BCUT2D eigenvalue weighted by Gasteiger charge is -2.23.